The van der Waals surface area contributed by atoms with Crippen molar-refractivity contribution in [3.63, 3.8) is 0 Å². The quantitative estimate of drug-likeness (QED) is 0.243. The minimum Gasteiger partial charge on any atom is -0.489 e. The molecule has 56 heavy (non-hydrogen) atoms. The van der Waals surface area contributed by atoms with E-state index in [4.69, 9.17) is 4.74 Å². The van der Waals surface area contributed by atoms with E-state index < -0.39 is 12.3 Å². The first-order chi connectivity index (χ1) is 27.1. The van der Waals surface area contributed by atoms with Crippen molar-refractivity contribution in [3.8, 4) is 5.75 Å². The summed E-state index contributed by atoms with van der Waals surface area (Å²) in [5, 5.41) is 20.3. The molecule has 2 saturated heterocycles. The van der Waals surface area contributed by atoms with Gasteiger partial charge in [-0.15, -0.1) is 0 Å². The molecule has 2 unspecified atom stereocenters. The molecule has 2 aromatic carbocycles. The molecule has 0 bridgehead atoms. The second-order valence-electron chi connectivity index (χ2n) is 15.9. The van der Waals surface area contributed by atoms with Gasteiger partial charge < -0.3 is 35.2 Å². The van der Waals surface area contributed by atoms with Crippen LogP contribution < -0.4 is 20.3 Å². The molecule has 2 atom stereocenters. The maximum Gasteiger partial charge on any atom is 0.261 e. The van der Waals surface area contributed by atoms with Gasteiger partial charge in [0.1, 0.15) is 17.5 Å². The Hall–Kier alpha value is -5.54. The van der Waals surface area contributed by atoms with Crippen LogP contribution in [0.15, 0.2) is 55.0 Å². The highest BCUT2D eigenvalue weighted by Crippen LogP contribution is 2.39. The average Bonchev–Trinajstić information content (AvgIpc) is 3.87. The molecule has 4 amide bonds. The molecule has 4 aromatic rings. The molecule has 4 aliphatic heterocycles. The number of nitrogens with zero attached hydrogens (tertiary/aromatic N) is 7. The molecule has 0 radical (unpaired) electrons. The van der Waals surface area contributed by atoms with Crippen LogP contribution in [0.3, 0.4) is 0 Å². The predicted octanol–water partition coefficient (Wildman–Crippen LogP) is 3.41. The number of fused-ring (bicyclic) bond motifs is 3. The molecule has 5 aliphatic rings. The highest BCUT2D eigenvalue weighted by atomic mass is 16.5. The van der Waals surface area contributed by atoms with Crippen molar-refractivity contribution in [2.45, 2.75) is 95.9 Å². The van der Waals surface area contributed by atoms with E-state index in [9.17, 15) is 24.3 Å². The molecule has 9 rings (SSSR count). The summed E-state index contributed by atoms with van der Waals surface area (Å²) in [4.78, 5) is 65.2. The van der Waals surface area contributed by atoms with Crippen molar-refractivity contribution in [1.29, 1.82) is 0 Å². The number of aromatic nitrogens is 3. The molecule has 15 heteroatoms. The second kappa shape index (κ2) is 14.5. The molecule has 6 heterocycles. The Balaban J connectivity index is 0.802. The number of amides is 4. The van der Waals surface area contributed by atoms with Crippen molar-refractivity contribution >= 4 is 40.7 Å². The van der Waals surface area contributed by atoms with E-state index in [2.05, 4.69) is 36.6 Å². The summed E-state index contributed by atoms with van der Waals surface area (Å²) in [6.07, 6.45) is 8.30. The smallest absolute Gasteiger partial charge is 0.261 e. The van der Waals surface area contributed by atoms with Gasteiger partial charge in [-0.1, -0.05) is 0 Å². The summed E-state index contributed by atoms with van der Waals surface area (Å²) in [6, 6.07) is 11.6. The number of hydrogen-bond donors (Lipinski definition) is 3. The van der Waals surface area contributed by atoms with E-state index in [1.165, 1.54) is 6.20 Å². The van der Waals surface area contributed by atoms with Gasteiger partial charge in [0, 0.05) is 87.0 Å². The Labute approximate surface area is 324 Å². The van der Waals surface area contributed by atoms with Crippen LogP contribution in [0.4, 0.5) is 11.4 Å². The minimum atomic E-state index is -1.05. The monoisotopic (exact) mass is 761 g/mol. The van der Waals surface area contributed by atoms with Gasteiger partial charge in [-0.2, -0.15) is 5.10 Å². The lowest BCUT2D eigenvalue weighted by atomic mass is 9.89. The van der Waals surface area contributed by atoms with Gasteiger partial charge in [0.25, 0.3) is 17.7 Å². The third-order valence-corrected chi connectivity index (χ3v) is 12.1. The van der Waals surface area contributed by atoms with Gasteiger partial charge in [0.05, 0.1) is 24.0 Å². The predicted molar refractivity (Wildman–Crippen MR) is 206 cm³/mol. The van der Waals surface area contributed by atoms with E-state index in [0.29, 0.717) is 65.7 Å². The van der Waals surface area contributed by atoms with Crippen LogP contribution in [-0.2, 0) is 17.9 Å². The maximum atomic E-state index is 13.9. The standard InChI is InChI=1S/C41H47N9O6/c1-24(2)56-35-20-31-26(19-33(35)44-38(52)32-21-43-50-13-3-12-42-37(32)50)22-48(41(31)55)28-6-4-27(5-7-28)46-14-16-47(17-15-46)29-8-9-30-25(18-29)23-49(40(30)54)34-10-11-36(51)45-39(34)53/h3,8-9,12-13,18-21,24,27-28,34,39,53H,4-7,10-11,14-17,22-23H2,1-2H3,(H,44,52)(H,45,51)/t27-,28+,34?,39?. The SMILES string of the molecule is CC(C)Oc1cc2c(cc1NC(=O)c1cnn3cccnc13)CN([C@H]1CC[C@@H](N3CCN(c4ccc5c(c4)CN(C4CCC(=O)NC4O)C5=O)CC3)CC1)C2=O. The van der Waals surface area contributed by atoms with Crippen LogP contribution >= 0.6 is 0 Å². The number of benzene rings is 2. The van der Waals surface area contributed by atoms with Crippen molar-refractivity contribution in [2.24, 2.45) is 0 Å². The number of rotatable bonds is 8. The number of aliphatic hydroxyl groups excluding tert-OH is 1. The number of hydrogen-bond acceptors (Lipinski definition) is 10. The topological polar surface area (TPSA) is 165 Å². The van der Waals surface area contributed by atoms with Crippen LogP contribution in [0.25, 0.3) is 5.65 Å². The zero-order chi connectivity index (χ0) is 38.7. The summed E-state index contributed by atoms with van der Waals surface area (Å²) in [5.74, 6) is -0.164. The van der Waals surface area contributed by atoms with Crippen LogP contribution in [0.1, 0.15) is 94.6 Å². The van der Waals surface area contributed by atoms with Crippen LogP contribution in [0.2, 0.25) is 0 Å². The molecule has 3 fully saturated rings. The molecular weight excluding hydrogens is 715 g/mol. The first-order valence-corrected chi connectivity index (χ1v) is 19.8. The normalized spacial score (nSPS) is 24.1. The van der Waals surface area contributed by atoms with E-state index in [-0.39, 0.29) is 35.8 Å². The first kappa shape index (κ1) is 36.1. The van der Waals surface area contributed by atoms with Gasteiger partial charge in [-0.3, -0.25) is 24.1 Å². The highest BCUT2D eigenvalue weighted by molar-refractivity contribution is 6.09. The zero-order valence-corrected chi connectivity index (χ0v) is 31.7. The minimum absolute atomic E-state index is 0.0104. The number of anilines is 2. The number of nitrogens with one attached hydrogen (secondary N) is 2. The maximum absolute atomic E-state index is 13.9. The number of piperazine rings is 1. The molecule has 2 aromatic heterocycles. The molecule has 1 aliphatic carbocycles. The molecular formula is C41H47N9O6. The Morgan fingerprint density at radius 3 is 2.41 bits per heavy atom. The van der Waals surface area contributed by atoms with Gasteiger partial charge in [-0.05, 0) is 93.5 Å². The Bertz CT molecular complexity index is 2210. The molecule has 15 nitrogen and oxygen atoms in total. The number of carbonyl (C=O) groups excluding carboxylic acids is 4. The molecule has 1 saturated carbocycles. The van der Waals surface area contributed by atoms with E-state index in [1.807, 2.05) is 36.9 Å². The molecule has 0 spiro atoms. The highest BCUT2D eigenvalue weighted by Gasteiger charge is 2.40. The summed E-state index contributed by atoms with van der Waals surface area (Å²) >= 11 is 0. The molecule has 292 valence electrons. The van der Waals surface area contributed by atoms with Crippen LogP contribution in [-0.4, -0.2) is 115 Å². The summed E-state index contributed by atoms with van der Waals surface area (Å²) < 4.78 is 7.67. The van der Waals surface area contributed by atoms with E-state index in [1.54, 1.807) is 33.9 Å². The summed E-state index contributed by atoms with van der Waals surface area (Å²) in [6.45, 7) is 8.41. The second-order valence-corrected chi connectivity index (χ2v) is 15.9. The Morgan fingerprint density at radius 1 is 0.911 bits per heavy atom. The van der Waals surface area contributed by atoms with Crippen LogP contribution in [0, 0.1) is 0 Å². The first-order valence-electron chi connectivity index (χ1n) is 19.8. The lowest BCUT2D eigenvalue weighted by Gasteiger charge is -2.43. The van der Waals surface area contributed by atoms with Gasteiger partial charge in [0.2, 0.25) is 5.91 Å². The van der Waals surface area contributed by atoms with Gasteiger partial charge >= 0.3 is 0 Å². The fraction of sp³-hybridized carbons (Fsp3) is 0.463. The van der Waals surface area contributed by atoms with Crippen molar-refractivity contribution in [2.75, 3.05) is 36.4 Å². The van der Waals surface area contributed by atoms with E-state index >= 15 is 0 Å². The lowest BCUT2D eigenvalue weighted by molar-refractivity contribution is -0.129. The third kappa shape index (κ3) is 6.61. The fourth-order valence-electron chi connectivity index (χ4n) is 9.26. The van der Waals surface area contributed by atoms with Gasteiger partial charge in [0.15, 0.2) is 5.65 Å². The Kier molecular flexibility index (Phi) is 9.36. The fourth-order valence-corrected chi connectivity index (χ4v) is 9.26. The number of ether oxygens (including phenoxy) is 1. The molecule has 3 N–H and O–H groups in total. The lowest BCUT2D eigenvalue weighted by Crippen LogP contribution is -2.55. The average molecular weight is 762 g/mol. The van der Waals surface area contributed by atoms with Crippen molar-refractivity contribution in [3.05, 3.63) is 82.8 Å². The summed E-state index contributed by atoms with van der Waals surface area (Å²) in [5.41, 5.74) is 5.55. The summed E-state index contributed by atoms with van der Waals surface area (Å²) in [7, 11) is 0. The third-order valence-electron chi connectivity index (χ3n) is 12.1. The van der Waals surface area contributed by atoms with Crippen LogP contribution in [0.5, 0.6) is 5.75 Å². The number of carbonyl (C=O) groups is 4. The Morgan fingerprint density at radius 2 is 1.64 bits per heavy atom. The van der Waals surface area contributed by atoms with Gasteiger partial charge in [-0.25, -0.2) is 9.50 Å². The van der Waals surface area contributed by atoms with Crippen molar-refractivity contribution in [1.82, 2.24) is 34.6 Å². The van der Waals surface area contributed by atoms with E-state index in [0.717, 1.165) is 68.7 Å². The zero-order valence-electron chi connectivity index (χ0n) is 31.7. The largest absolute Gasteiger partial charge is 0.489 e. The van der Waals surface area contributed by atoms with Crippen molar-refractivity contribution < 1.29 is 29.0 Å². The number of piperidine rings is 1. The number of aliphatic hydroxyl groups is 1.